The molecule has 1 amide bonds. The smallest absolute Gasteiger partial charge is 0.221 e. The zero-order valence-electron chi connectivity index (χ0n) is 8.05. The average molecular weight is 170 g/mol. The topological polar surface area (TPSA) is 41.1 Å². The van der Waals surface area contributed by atoms with Crippen LogP contribution in [0.4, 0.5) is 0 Å². The van der Waals surface area contributed by atoms with Gasteiger partial charge < -0.3 is 10.6 Å². The van der Waals surface area contributed by atoms with Crippen LogP contribution in [0.1, 0.15) is 20.3 Å². The fourth-order valence-corrected chi connectivity index (χ4v) is 0.956. The van der Waals surface area contributed by atoms with Gasteiger partial charge in [0.25, 0.3) is 0 Å². The predicted molar refractivity (Wildman–Crippen MR) is 50.9 cm³/mol. The Morgan fingerprint density at radius 1 is 1.58 bits per heavy atom. The van der Waals surface area contributed by atoms with Crippen molar-refractivity contribution >= 4 is 5.91 Å². The second-order valence-electron chi connectivity index (χ2n) is 2.97. The highest BCUT2D eigenvalue weighted by Crippen LogP contribution is 1.93. The standard InChI is InChI=1S/C9H18N2O/c1-5-7(2)11-8(3)6-9(12)10-4/h5,7-8,11H,1,6H2,2-4H3,(H,10,12). The van der Waals surface area contributed by atoms with Gasteiger partial charge >= 0.3 is 0 Å². The third kappa shape index (κ3) is 4.91. The van der Waals surface area contributed by atoms with E-state index in [0.717, 1.165) is 0 Å². The van der Waals surface area contributed by atoms with E-state index < -0.39 is 0 Å². The van der Waals surface area contributed by atoms with Crippen LogP contribution in [-0.4, -0.2) is 25.0 Å². The van der Waals surface area contributed by atoms with E-state index in [9.17, 15) is 4.79 Å². The van der Waals surface area contributed by atoms with Gasteiger partial charge in [0.05, 0.1) is 0 Å². The van der Waals surface area contributed by atoms with E-state index in [4.69, 9.17) is 0 Å². The highest BCUT2D eigenvalue weighted by atomic mass is 16.1. The Balaban J connectivity index is 3.65. The van der Waals surface area contributed by atoms with Gasteiger partial charge in [0.2, 0.25) is 5.91 Å². The van der Waals surface area contributed by atoms with Gasteiger partial charge in [0.15, 0.2) is 0 Å². The van der Waals surface area contributed by atoms with Crippen LogP contribution in [0.2, 0.25) is 0 Å². The average Bonchev–Trinajstić information content (AvgIpc) is 2.03. The SMILES string of the molecule is C=CC(C)NC(C)CC(=O)NC. The molecule has 2 N–H and O–H groups in total. The van der Waals surface area contributed by atoms with Crippen LogP contribution < -0.4 is 10.6 Å². The van der Waals surface area contributed by atoms with Crippen LogP contribution in [-0.2, 0) is 4.79 Å². The van der Waals surface area contributed by atoms with E-state index in [1.807, 2.05) is 19.9 Å². The molecule has 0 bridgehead atoms. The van der Waals surface area contributed by atoms with E-state index >= 15 is 0 Å². The maximum Gasteiger partial charge on any atom is 0.221 e. The monoisotopic (exact) mass is 170 g/mol. The van der Waals surface area contributed by atoms with Gasteiger partial charge in [-0.25, -0.2) is 0 Å². The van der Waals surface area contributed by atoms with Crippen molar-refractivity contribution in [2.45, 2.75) is 32.4 Å². The molecule has 2 unspecified atom stereocenters. The summed E-state index contributed by atoms with van der Waals surface area (Å²) in [7, 11) is 1.64. The normalized spacial score (nSPS) is 14.9. The Morgan fingerprint density at radius 2 is 2.17 bits per heavy atom. The van der Waals surface area contributed by atoms with Gasteiger partial charge in [-0.3, -0.25) is 4.79 Å². The Kier molecular flexibility index (Phi) is 5.37. The summed E-state index contributed by atoms with van der Waals surface area (Å²) in [6, 6.07) is 0.447. The van der Waals surface area contributed by atoms with Crippen molar-refractivity contribution in [3.8, 4) is 0 Å². The first-order chi connectivity index (χ1) is 5.60. The summed E-state index contributed by atoms with van der Waals surface area (Å²) in [5, 5.41) is 5.80. The van der Waals surface area contributed by atoms with Crippen molar-refractivity contribution in [1.82, 2.24) is 10.6 Å². The summed E-state index contributed by atoms with van der Waals surface area (Å²) < 4.78 is 0. The highest BCUT2D eigenvalue weighted by Gasteiger charge is 2.07. The zero-order valence-corrected chi connectivity index (χ0v) is 8.05. The summed E-state index contributed by atoms with van der Waals surface area (Å²) in [4.78, 5) is 10.9. The quantitative estimate of drug-likeness (QED) is 0.596. The second-order valence-corrected chi connectivity index (χ2v) is 2.97. The largest absolute Gasteiger partial charge is 0.359 e. The first kappa shape index (κ1) is 11.2. The molecule has 0 aliphatic heterocycles. The Hall–Kier alpha value is -0.830. The number of hydrogen-bond acceptors (Lipinski definition) is 2. The van der Waals surface area contributed by atoms with Crippen LogP contribution in [0.25, 0.3) is 0 Å². The van der Waals surface area contributed by atoms with E-state index in [2.05, 4.69) is 17.2 Å². The maximum absolute atomic E-state index is 10.9. The van der Waals surface area contributed by atoms with E-state index in [0.29, 0.717) is 6.42 Å². The third-order valence-corrected chi connectivity index (χ3v) is 1.67. The lowest BCUT2D eigenvalue weighted by Gasteiger charge is -2.16. The summed E-state index contributed by atoms with van der Waals surface area (Å²) in [6.45, 7) is 7.64. The maximum atomic E-state index is 10.9. The molecular formula is C9H18N2O. The molecule has 70 valence electrons. The predicted octanol–water partition coefficient (Wildman–Crippen LogP) is 0.675. The number of hydrogen-bond donors (Lipinski definition) is 2. The van der Waals surface area contributed by atoms with Crippen molar-refractivity contribution in [1.29, 1.82) is 0 Å². The van der Waals surface area contributed by atoms with Gasteiger partial charge in [-0.15, -0.1) is 6.58 Å². The van der Waals surface area contributed by atoms with E-state index in [-0.39, 0.29) is 18.0 Å². The first-order valence-electron chi connectivity index (χ1n) is 4.19. The summed E-state index contributed by atoms with van der Waals surface area (Å²) >= 11 is 0. The van der Waals surface area contributed by atoms with E-state index in [1.165, 1.54) is 0 Å². The molecule has 0 heterocycles. The van der Waals surface area contributed by atoms with Crippen molar-refractivity contribution in [3.63, 3.8) is 0 Å². The molecule has 0 rings (SSSR count). The van der Waals surface area contributed by atoms with Gasteiger partial charge in [-0.1, -0.05) is 6.08 Å². The molecule has 0 aliphatic rings. The fourth-order valence-electron chi connectivity index (χ4n) is 0.956. The van der Waals surface area contributed by atoms with Crippen molar-refractivity contribution in [2.75, 3.05) is 7.05 Å². The number of nitrogens with one attached hydrogen (secondary N) is 2. The summed E-state index contributed by atoms with van der Waals surface area (Å²) in [5.74, 6) is 0.0614. The second kappa shape index (κ2) is 5.77. The number of amides is 1. The Morgan fingerprint density at radius 3 is 2.58 bits per heavy atom. The molecular weight excluding hydrogens is 152 g/mol. The zero-order chi connectivity index (χ0) is 9.56. The molecule has 0 saturated carbocycles. The third-order valence-electron chi connectivity index (χ3n) is 1.67. The number of rotatable bonds is 5. The molecule has 3 nitrogen and oxygen atoms in total. The lowest BCUT2D eigenvalue weighted by Crippen LogP contribution is -2.36. The number of carbonyl (C=O) groups excluding carboxylic acids is 1. The van der Waals surface area contributed by atoms with Gasteiger partial charge in [0.1, 0.15) is 0 Å². The van der Waals surface area contributed by atoms with Crippen LogP contribution in [0.3, 0.4) is 0 Å². The van der Waals surface area contributed by atoms with Crippen molar-refractivity contribution < 1.29 is 4.79 Å². The Labute approximate surface area is 74.2 Å². The van der Waals surface area contributed by atoms with Crippen molar-refractivity contribution in [3.05, 3.63) is 12.7 Å². The molecule has 12 heavy (non-hydrogen) atoms. The molecule has 0 spiro atoms. The van der Waals surface area contributed by atoms with E-state index in [1.54, 1.807) is 7.05 Å². The summed E-state index contributed by atoms with van der Waals surface area (Å²) in [6.07, 6.45) is 2.33. The van der Waals surface area contributed by atoms with Crippen LogP contribution in [0, 0.1) is 0 Å². The molecule has 0 fully saturated rings. The molecule has 0 saturated heterocycles. The minimum absolute atomic E-state index is 0.0614. The van der Waals surface area contributed by atoms with Crippen LogP contribution >= 0.6 is 0 Å². The molecule has 0 aliphatic carbocycles. The lowest BCUT2D eigenvalue weighted by atomic mass is 10.2. The summed E-state index contributed by atoms with van der Waals surface area (Å²) in [5.41, 5.74) is 0. The fraction of sp³-hybridized carbons (Fsp3) is 0.667. The molecule has 3 heteroatoms. The molecule has 0 aromatic carbocycles. The number of carbonyl (C=O) groups is 1. The minimum Gasteiger partial charge on any atom is -0.359 e. The van der Waals surface area contributed by atoms with Crippen molar-refractivity contribution in [2.24, 2.45) is 0 Å². The minimum atomic E-state index is 0.0614. The first-order valence-corrected chi connectivity index (χ1v) is 4.19. The molecule has 0 aromatic rings. The van der Waals surface area contributed by atoms with Crippen LogP contribution in [0.15, 0.2) is 12.7 Å². The van der Waals surface area contributed by atoms with Crippen LogP contribution in [0.5, 0.6) is 0 Å². The molecule has 0 aromatic heterocycles. The molecule has 0 radical (unpaired) electrons. The Bertz CT molecular complexity index is 157. The van der Waals surface area contributed by atoms with Gasteiger partial charge in [-0.05, 0) is 13.8 Å². The molecule has 2 atom stereocenters. The van der Waals surface area contributed by atoms with Gasteiger partial charge in [0, 0.05) is 25.6 Å². The van der Waals surface area contributed by atoms with Gasteiger partial charge in [-0.2, -0.15) is 0 Å². The lowest BCUT2D eigenvalue weighted by molar-refractivity contribution is -0.121. The highest BCUT2D eigenvalue weighted by molar-refractivity contribution is 5.76.